The molecule has 6 rings (SSSR count). The zero-order chi connectivity index (χ0) is 27.3. The Hall–Kier alpha value is -4.22. The lowest BCUT2D eigenvalue weighted by atomic mass is 9.82. The van der Waals surface area contributed by atoms with Gasteiger partial charge in [0.2, 0.25) is 11.8 Å². The molecular weight excluding hydrogens is 538 g/mol. The molecule has 0 saturated carbocycles. The number of aryl methyl sites for hydroxylation is 1. The fraction of sp³-hybridized carbons (Fsp3) is 0.179. The summed E-state index contributed by atoms with van der Waals surface area (Å²) >= 11 is 2.10. The zero-order valence-electron chi connectivity index (χ0n) is 20.5. The van der Waals surface area contributed by atoms with Crippen LogP contribution in [-0.2, 0) is 16.2 Å². The lowest BCUT2D eigenvalue weighted by Crippen LogP contribution is -2.32. The zero-order valence-corrected chi connectivity index (χ0v) is 22.2. The van der Waals surface area contributed by atoms with Gasteiger partial charge in [0.05, 0.1) is 21.6 Å². The summed E-state index contributed by atoms with van der Waals surface area (Å²) < 4.78 is 6.17. The maximum absolute atomic E-state index is 13.9. The number of fused-ring (bicyclic) bond motifs is 2. The van der Waals surface area contributed by atoms with Crippen molar-refractivity contribution in [3.05, 3.63) is 114 Å². The van der Waals surface area contributed by atoms with Crippen LogP contribution in [0.5, 0.6) is 5.75 Å². The second-order valence-electron chi connectivity index (χ2n) is 9.35. The van der Waals surface area contributed by atoms with Gasteiger partial charge in [-0.1, -0.05) is 71.1 Å². The van der Waals surface area contributed by atoms with E-state index in [9.17, 15) is 24.5 Å². The number of hydrogen-bond donors (Lipinski definition) is 1. The molecule has 3 unspecified atom stereocenters. The Morgan fingerprint density at radius 2 is 1.74 bits per heavy atom. The van der Waals surface area contributed by atoms with Gasteiger partial charge in [-0.15, -0.1) is 0 Å². The molecule has 0 radical (unpaired) electrons. The summed E-state index contributed by atoms with van der Waals surface area (Å²) in [6.45, 7) is 2.18. The molecule has 11 heteroatoms. The number of imide groups is 1. The maximum Gasteiger partial charge on any atom is 0.305 e. The van der Waals surface area contributed by atoms with E-state index >= 15 is 0 Å². The van der Waals surface area contributed by atoms with E-state index in [1.165, 1.54) is 23.1 Å². The molecule has 2 aliphatic heterocycles. The van der Waals surface area contributed by atoms with Crippen LogP contribution in [0.4, 0.5) is 11.4 Å². The molecule has 1 aromatic heterocycles. The Kier molecular flexibility index (Phi) is 6.32. The van der Waals surface area contributed by atoms with E-state index < -0.39 is 33.8 Å². The first-order chi connectivity index (χ1) is 18.8. The number of rotatable bonds is 6. The number of nitro groups is 1. The van der Waals surface area contributed by atoms with Crippen LogP contribution >= 0.6 is 23.1 Å². The second kappa shape index (κ2) is 9.83. The fourth-order valence-electron chi connectivity index (χ4n) is 5.05. The second-order valence-corrected chi connectivity index (χ2v) is 11.5. The Morgan fingerprint density at radius 3 is 2.46 bits per heavy atom. The number of hydrogen-bond acceptors (Lipinski definition) is 8. The Balaban J connectivity index is 1.48. The van der Waals surface area contributed by atoms with Gasteiger partial charge in [0.1, 0.15) is 17.6 Å². The molecule has 0 spiro atoms. The minimum absolute atomic E-state index is 0.177. The lowest BCUT2D eigenvalue weighted by Gasteiger charge is -2.30. The van der Waals surface area contributed by atoms with Gasteiger partial charge >= 0.3 is 4.87 Å². The standard InChI is InChI=1S/C28H21N3O6S2/c1-15-7-9-16(10-8-15)14-37-20-12-11-18(31(35)36)13-19(20)21-22-24(38-25-23(21)39-28(34)29-25)27(33)30(26(22)32)17-5-3-2-4-6-17/h2-13,21-22,24H,14H2,1H3,(H,29,34). The number of nitro benzene ring substituents is 1. The summed E-state index contributed by atoms with van der Waals surface area (Å²) in [5, 5.41) is 11.4. The van der Waals surface area contributed by atoms with Crippen molar-refractivity contribution in [2.75, 3.05) is 4.90 Å². The third kappa shape index (κ3) is 4.43. The number of thiazole rings is 1. The van der Waals surface area contributed by atoms with E-state index in [4.69, 9.17) is 4.74 Å². The van der Waals surface area contributed by atoms with E-state index in [2.05, 4.69) is 4.98 Å². The van der Waals surface area contributed by atoms with Crippen molar-refractivity contribution in [2.24, 2.45) is 5.92 Å². The molecule has 1 N–H and O–H groups in total. The first kappa shape index (κ1) is 25.1. The Morgan fingerprint density at radius 1 is 1.00 bits per heavy atom. The van der Waals surface area contributed by atoms with Crippen LogP contribution < -0.4 is 14.5 Å². The number of para-hydroxylation sites is 1. The molecule has 0 aliphatic carbocycles. The molecule has 2 aliphatic rings. The van der Waals surface area contributed by atoms with Crippen LogP contribution in [0.2, 0.25) is 0 Å². The largest absolute Gasteiger partial charge is 0.489 e. The van der Waals surface area contributed by atoms with E-state index in [1.54, 1.807) is 30.3 Å². The summed E-state index contributed by atoms with van der Waals surface area (Å²) in [5.41, 5.74) is 2.66. The third-order valence-electron chi connectivity index (χ3n) is 6.89. The number of aromatic nitrogens is 1. The Labute approximate surface area is 230 Å². The van der Waals surface area contributed by atoms with Crippen molar-refractivity contribution in [2.45, 2.75) is 29.7 Å². The number of thioether (sulfide) groups is 1. The minimum atomic E-state index is -0.884. The van der Waals surface area contributed by atoms with Crippen LogP contribution in [0, 0.1) is 23.0 Å². The molecule has 1 fully saturated rings. The molecule has 196 valence electrons. The number of carbonyl (C=O) groups is 2. The highest BCUT2D eigenvalue weighted by Crippen LogP contribution is 2.55. The van der Waals surface area contributed by atoms with Gasteiger partial charge in [0.15, 0.2) is 0 Å². The predicted octanol–water partition coefficient (Wildman–Crippen LogP) is 5.03. The van der Waals surface area contributed by atoms with E-state index in [1.807, 2.05) is 31.2 Å². The van der Waals surface area contributed by atoms with Crippen LogP contribution in [0.3, 0.4) is 0 Å². The molecule has 2 amide bonds. The van der Waals surface area contributed by atoms with Gasteiger partial charge in [0.25, 0.3) is 5.69 Å². The first-order valence-electron chi connectivity index (χ1n) is 12.1. The maximum atomic E-state index is 13.9. The summed E-state index contributed by atoms with van der Waals surface area (Å²) in [6.07, 6.45) is 0. The van der Waals surface area contributed by atoms with E-state index in [0.717, 1.165) is 34.2 Å². The number of anilines is 1. The van der Waals surface area contributed by atoms with Gasteiger partial charge in [-0.25, -0.2) is 4.90 Å². The first-order valence-corrected chi connectivity index (χ1v) is 13.8. The molecule has 3 heterocycles. The fourth-order valence-corrected chi connectivity index (χ4v) is 7.56. The van der Waals surface area contributed by atoms with Crippen LogP contribution in [0.25, 0.3) is 0 Å². The number of benzene rings is 3. The van der Waals surface area contributed by atoms with Crippen LogP contribution in [0.15, 0.2) is 82.6 Å². The number of H-pyrrole nitrogens is 1. The van der Waals surface area contributed by atoms with Gasteiger partial charge < -0.3 is 9.72 Å². The molecule has 3 atom stereocenters. The molecular formula is C28H21N3O6S2. The Bertz CT molecular complexity index is 1660. The monoisotopic (exact) mass is 559 g/mol. The highest BCUT2D eigenvalue weighted by atomic mass is 32.2. The van der Waals surface area contributed by atoms with Gasteiger partial charge in [-0.05, 0) is 30.7 Å². The van der Waals surface area contributed by atoms with Gasteiger partial charge in [-0.2, -0.15) is 0 Å². The molecule has 3 aromatic carbocycles. The highest BCUT2D eigenvalue weighted by Gasteiger charge is 2.57. The normalized spacial score (nSPS) is 20.0. The van der Waals surface area contributed by atoms with E-state index in [0.29, 0.717) is 26.9 Å². The number of nitrogens with one attached hydrogen (secondary N) is 1. The SMILES string of the molecule is Cc1ccc(COc2ccc([N+](=O)[O-])cc2C2c3sc(=O)[nH]c3SC3C(=O)N(c4ccccc4)C(=O)C32)cc1. The van der Waals surface area contributed by atoms with Crippen molar-refractivity contribution >= 4 is 46.3 Å². The summed E-state index contributed by atoms with van der Waals surface area (Å²) in [4.78, 5) is 55.4. The summed E-state index contributed by atoms with van der Waals surface area (Å²) in [6, 6.07) is 20.7. The van der Waals surface area contributed by atoms with Gasteiger partial charge in [-0.3, -0.25) is 24.5 Å². The van der Waals surface area contributed by atoms with Crippen molar-refractivity contribution in [1.29, 1.82) is 0 Å². The van der Waals surface area contributed by atoms with Crippen LogP contribution in [0.1, 0.15) is 27.5 Å². The smallest absolute Gasteiger partial charge is 0.305 e. The van der Waals surface area contributed by atoms with Crippen molar-refractivity contribution in [1.82, 2.24) is 4.98 Å². The van der Waals surface area contributed by atoms with Crippen LogP contribution in [-0.4, -0.2) is 27.0 Å². The number of amides is 2. The predicted molar refractivity (Wildman–Crippen MR) is 147 cm³/mol. The average Bonchev–Trinajstić information content (AvgIpc) is 3.43. The number of carbonyl (C=O) groups excluding carboxylic acids is 2. The quantitative estimate of drug-likeness (QED) is 0.200. The average molecular weight is 560 g/mol. The van der Waals surface area contributed by atoms with Gasteiger partial charge in [0, 0.05) is 28.5 Å². The molecule has 39 heavy (non-hydrogen) atoms. The topological polar surface area (TPSA) is 123 Å². The molecule has 0 bridgehead atoms. The number of non-ortho nitro benzene ring substituents is 1. The minimum Gasteiger partial charge on any atom is -0.489 e. The summed E-state index contributed by atoms with van der Waals surface area (Å²) in [5.74, 6) is -2.15. The molecule has 9 nitrogen and oxygen atoms in total. The number of aromatic amines is 1. The number of ether oxygens (including phenoxy) is 1. The molecule has 1 saturated heterocycles. The third-order valence-corrected chi connectivity index (χ3v) is 9.29. The van der Waals surface area contributed by atoms with Crippen molar-refractivity contribution in [3.8, 4) is 5.75 Å². The highest BCUT2D eigenvalue weighted by molar-refractivity contribution is 8.00. The van der Waals surface area contributed by atoms with Crippen molar-refractivity contribution in [3.63, 3.8) is 0 Å². The lowest BCUT2D eigenvalue weighted by molar-refractivity contribution is -0.385. The summed E-state index contributed by atoms with van der Waals surface area (Å²) in [7, 11) is 0. The van der Waals surface area contributed by atoms with Crippen molar-refractivity contribution < 1.29 is 19.2 Å². The van der Waals surface area contributed by atoms with E-state index in [-0.39, 0.29) is 17.2 Å². The number of nitrogens with zero attached hydrogens (tertiary/aromatic N) is 2. The molecule has 4 aromatic rings.